The number of aromatic nitrogens is 2. The molecule has 0 spiro atoms. The van der Waals surface area contributed by atoms with Gasteiger partial charge in [0.15, 0.2) is 0 Å². The van der Waals surface area contributed by atoms with Crippen LogP contribution in [0.2, 0.25) is 5.02 Å². The van der Waals surface area contributed by atoms with E-state index in [1.807, 2.05) is 36.4 Å². The number of hydrogen-bond donors (Lipinski definition) is 2. The number of rotatable bonds is 1. The van der Waals surface area contributed by atoms with Gasteiger partial charge in [-0.3, -0.25) is 0 Å². The molecular formula is C13H9ClIN3. The molecule has 1 aromatic heterocycles. The summed E-state index contributed by atoms with van der Waals surface area (Å²) in [4.78, 5) is 7.82. The van der Waals surface area contributed by atoms with Gasteiger partial charge in [0.2, 0.25) is 0 Å². The van der Waals surface area contributed by atoms with Crippen LogP contribution in [0.5, 0.6) is 0 Å². The number of nitrogens with one attached hydrogen (secondary N) is 1. The zero-order chi connectivity index (χ0) is 12.7. The van der Waals surface area contributed by atoms with Crippen LogP contribution in [0.15, 0.2) is 36.4 Å². The molecule has 0 radical (unpaired) electrons. The average Bonchev–Trinajstić information content (AvgIpc) is 2.74. The van der Waals surface area contributed by atoms with Gasteiger partial charge in [-0.25, -0.2) is 4.98 Å². The molecule has 2 aromatic carbocycles. The SMILES string of the molecule is Nc1ccc2nc(-c3cc(Cl)ccc3I)[nH]c2c1. The molecule has 18 heavy (non-hydrogen) atoms. The van der Waals surface area contributed by atoms with E-state index in [-0.39, 0.29) is 0 Å². The van der Waals surface area contributed by atoms with E-state index in [0.29, 0.717) is 5.02 Å². The first kappa shape index (κ1) is 11.8. The number of aromatic amines is 1. The van der Waals surface area contributed by atoms with Crippen LogP contribution in [0.4, 0.5) is 5.69 Å². The maximum absolute atomic E-state index is 6.03. The molecule has 0 fully saturated rings. The van der Waals surface area contributed by atoms with Crippen LogP contribution >= 0.6 is 34.2 Å². The number of nitrogen functional groups attached to an aromatic ring is 1. The number of H-pyrrole nitrogens is 1. The zero-order valence-corrected chi connectivity index (χ0v) is 12.2. The van der Waals surface area contributed by atoms with E-state index < -0.39 is 0 Å². The monoisotopic (exact) mass is 369 g/mol. The molecule has 3 rings (SSSR count). The number of hydrogen-bond acceptors (Lipinski definition) is 2. The van der Waals surface area contributed by atoms with Crippen molar-refractivity contribution in [1.82, 2.24) is 9.97 Å². The summed E-state index contributed by atoms with van der Waals surface area (Å²) in [6.07, 6.45) is 0. The first-order chi connectivity index (χ1) is 8.63. The second-order valence-corrected chi connectivity index (χ2v) is 5.58. The lowest BCUT2D eigenvalue weighted by Gasteiger charge is -2.01. The quantitative estimate of drug-likeness (QED) is 0.502. The normalized spacial score (nSPS) is 11.0. The minimum absolute atomic E-state index is 0.699. The molecule has 3 nitrogen and oxygen atoms in total. The van der Waals surface area contributed by atoms with Crippen molar-refractivity contribution in [3.8, 4) is 11.4 Å². The van der Waals surface area contributed by atoms with Crippen LogP contribution in [-0.2, 0) is 0 Å². The highest BCUT2D eigenvalue weighted by atomic mass is 127. The number of benzene rings is 2. The van der Waals surface area contributed by atoms with Crippen molar-refractivity contribution in [3.63, 3.8) is 0 Å². The van der Waals surface area contributed by atoms with Crippen LogP contribution < -0.4 is 5.73 Å². The highest BCUT2D eigenvalue weighted by Crippen LogP contribution is 2.28. The fourth-order valence-electron chi connectivity index (χ4n) is 1.83. The molecule has 1 heterocycles. The summed E-state index contributed by atoms with van der Waals surface area (Å²) in [5, 5.41) is 0.699. The topological polar surface area (TPSA) is 54.7 Å². The fourth-order valence-corrected chi connectivity index (χ4v) is 2.60. The number of nitrogens with two attached hydrogens (primary N) is 1. The van der Waals surface area contributed by atoms with Gasteiger partial charge in [0, 0.05) is 19.8 Å². The molecule has 0 amide bonds. The Kier molecular flexibility index (Phi) is 2.91. The smallest absolute Gasteiger partial charge is 0.139 e. The van der Waals surface area contributed by atoms with Crippen LogP contribution in [0.1, 0.15) is 0 Å². The van der Waals surface area contributed by atoms with Gasteiger partial charge in [0.25, 0.3) is 0 Å². The lowest BCUT2D eigenvalue weighted by atomic mass is 10.2. The summed E-state index contributed by atoms with van der Waals surface area (Å²) in [7, 11) is 0. The molecule has 0 saturated heterocycles. The van der Waals surface area contributed by atoms with Crippen LogP contribution in [-0.4, -0.2) is 9.97 Å². The molecule has 0 aliphatic rings. The van der Waals surface area contributed by atoms with Gasteiger partial charge >= 0.3 is 0 Å². The average molecular weight is 370 g/mol. The van der Waals surface area contributed by atoms with Crippen LogP contribution in [0.25, 0.3) is 22.4 Å². The Hall–Kier alpha value is -1.27. The number of imidazole rings is 1. The van der Waals surface area contributed by atoms with Gasteiger partial charge < -0.3 is 10.7 Å². The Balaban J connectivity index is 2.22. The molecular weight excluding hydrogens is 361 g/mol. The van der Waals surface area contributed by atoms with Crippen molar-refractivity contribution in [2.75, 3.05) is 5.73 Å². The van der Waals surface area contributed by atoms with Gasteiger partial charge in [-0.15, -0.1) is 0 Å². The number of anilines is 1. The zero-order valence-electron chi connectivity index (χ0n) is 9.24. The summed E-state index contributed by atoms with van der Waals surface area (Å²) in [5.74, 6) is 0.808. The van der Waals surface area contributed by atoms with Crippen molar-refractivity contribution >= 4 is 50.9 Å². The van der Waals surface area contributed by atoms with Crippen LogP contribution in [0, 0.1) is 3.57 Å². The number of fused-ring (bicyclic) bond motifs is 1. The standard InChI is InChI=1S/C13H9ClIN3/c14-7-1-3-10(15)9(5-7)13-17-11-4-2-8(16)6-12(11)18-13/h1-6H,16H2,(H,17,18). The van der Waals surface area contributed by atoms with E-state index in [1.165, 1.54) is 0 Å². The Bertz CT molecular complexity index is 736. The molecule has 3 N–H and O–H groups in total. The lowest BCUT2D eigenvalue weighted by molar-refractivity contribution is 1.33. The van der Waals surface area contributed by atoms with Crippen molar-refractivity contribution in [2.45, 2.75) is 0 Å². The van der Waals surface area contributed by atoms with E-state index in [4.69, 9.17) is 17.3 Å². The highest BCUT2D eigenvalue weighted by molar-refractivity contribution is 14.1. The summed E-state index contributed by atoms with van der Waals surface area (Å²) in [6, 6.07) is 11.4. The third kappa shape index (κ3) is 2.06. The minimum atomic E-state index is 0.699. The second-order valence-electron chi connectivity index (χ2n) is 3.99. The van der Waals surface area contributed by atoms with E-state index in [9.17, 15) is 0 Å². The van der Waals surface area contributed by atoms with Gasteiger partial charge in [-0.05, 0) is 59.0 Å². The van der Waals surface area contributed by atoms with Gasteiger partial charge in [-0.1, -0.05) is 11.6 Å². The molecule has 90 valence electrons. The predicted molar refractivity (Wildman–Crippen MR) is 83.7 cm³/mol. The number of halogens is 2. The Morgan fingerprint density at radius 1 is 1.17 bits per heavy atom. The summed E-state index contributed by atoms with van der Waals surface area (Å²) in [6.45, 7) is 0. The molecule has 0 aliphatic carbocycles. The molecule has 3 aromatic rings. The Morgan fingerprint density at radius 2 is 2.00 bits per heavy atom. The third-order valence-corrected chi connectivity index (χ3v) is 3.87. The third-order valence-electron chi connectivity index (χ3n) is 2.69. The van der Waals surface area contributed by atoms with Crippen molar-refractivity contribution in [2.24, 2.45) is 0 Å². The van der Waals surface area contributed by atoms with Crippen LogP contribution in [0.3, 0.4) is 0 Å². The van der Waals surface area contributed by atoms with E-state index >= 15 is 0 Å². The van der Waals surface area contributed by atoms with Gasteiger partial charge in [0.1, 0.15) is 5.82 Å². The molecule has 0 saturated carbocycles. The highest BCUT2D eigenvalue weighted by Gasteiger charge is 2.09. The fraction of sp³-hybridized carbons (Fsp3) is 0. The second kappa shape index (κ2) is 4.44. The predicted octanol–water partition coefficient (Wildman–Crippen LogP) is 4.07. The molecule has 5 heteroatoms. The maximum Gasteiger partial charge on any atom is 0.139 e. The van der Waals surface area contributed by atoms with Gasteiger partial charge in [0.05, 0.1) is 11.0 Å². The summed E-state index contributed by atoms with van der Waals surface area (Å²) >= 11 is 8.29. The molecule has 0 aliphatic heterocycles. The number of nitrogens with zero attached hydrogens (tertiary/aromatic N) is 1. The molecule has 0 unspecified atom stereocenters. The lowest BCUT2D eigenvalue weighted by Crippen LogP contribution is -1.84. The summed E-state index contributed by atoms with van der Waals surface area (Å²) in [5.41, 5.74) is 9.30. The summed E-state index contributed by atoms with van der Waals surface area (Å²) < 4.78 is 1.10. The van der Waals surface area contributed by atoms with Crippen molar-refractivity contribution < 1.29 is 0 Å². The maximum atomic E-state index is 6.03. The Labute approximate surface area is 123 Å². The van der Waals surface area contributed by atoms with E-state index in [0.717, 1.165) is 31.7 Å². The largest absolute Gasteiger partial charge is 0.399 e. The van der Waals surface area contributed by atoms with E-state index in [1.54, 1.807) is 0 Å². The molecule has 0 atom stereocenters. The minimum Gasteiger partial charge on any atom is -0.399 e. The van der Waals surface area contributed by atoms with Crippen molar-refractivity contribution in [1.29, 1.82) is 0 Å². The van der Waals surface area contributed by atoms with Crippen molar-refractivity contribution in [3.05, 3.63) is 45.0 Å². The van der Waals surface area contributed by atoms with E-state index in [2.05, 4.69) is 32.6 Å². The van der Waals surface area contributed by atoms with Gasteiger partial charge in [-0.2, -0.15) is 0 Å². The first-order valence-corrected chi connectivity index (χ1v) is 6.80. The first-order valence-electron chi connectivity index (χ1n) is 5.34. The molecule has 0 bridgehead atoms. The Morgan fingerprint density at radius 3 is 2.83 bits per heavy atom.